The largest absolute Gasteiger partial charge is 0.491 e. The highest BCUT2D eigenvalue weighted by Gasteiger charge is 2.23. The number of amides is 2. The second-order valence-corrected chi connectivity index (χ2v) is 8.71. The van der Waals surface area contributed by atoms with E-state index < -0.39 is 0 Å². The number of aromatic nitrogens is 2. The lowest BCUT2D eigenvalue weighted by Crippen LogP contribution is -2.42. The first kappa shape index (κ1) is 22.0. The summed E-state index contributed by atoms with van der Waals surface area (Å²) in [6, 6.07) is 6.37. The van der Waals surface area contributed by atoms with E-state index in [2.05, 4.69) is 15.3 Å². The highest BCUT2D eigenvalue weighted by atomic mass is 35.5. The Morgan fingerprint density at radius 1 is 1.12 bits per heavy atom. The number of anilines is 1. The van der Waals surface area contributed by atoms with Gasteiger partial charge in [-0.1, -0.05) is 11.6 Å². The van der Waals surface area contributed by atoms with Crippen LogP contribution in [0.15, 0.2) is 42.0 Å². The van der Waals surface area contributed by atoms with Crippen molar-refractivity contribution in [3.05, 3.63) is 58.2 Å². The van der Waals surface area contributed by atoms with E-state index in [0.717, 1.165) is 19.5 Å². The summed E-state index contributed by atoms with van der Waals surface area (Å²) in [5.74, 6) is 0.449. The Morgan fingerprint density at radius 2 is 1.91 bits per heavy atom. The van der Waals surface area contributed by atoms with Crippen molar-refractivity contribution in [2.45, 2.75) is 26.4 Å². The third-order valence-corrected chi connectivity index (χ3v) is 5.54. The number of thiazole rings is 1. The number of carbonyl (C=O) groups excluding carboxylic acids is 2. The maximum atomic E-state index is 12.7. The van der Waals surface area contributed by atoms with E-state index >= 15 is 0 Å². The maximum Gasteiger partial charge on any atom is 0.257 e. The molecule has 3 aromatic rings. The molecule has 2 aromatic heterocycles. The summed E-state index contributed by atoms with van der Waals surface area (Å²) in [6.45, 7) is 5.25. The van der Waals surface area contributed by atoms with Crippen LogP contribution in [0.4, 0.5) is 5.13 Å². The van der Waals surface area contributed by atoms with Crippen molar-refractivity contribution in [2.24, 2.45) is 0 Å². The molecule has 1 aliphatic rings. The highest BCUT2D eigenvalue weighted by molar-refractivity contribution is 7.13. The highest BCUT2D eigenvalue weighted by Crippen LogP contribution is 2.32. The fourth-order valence-electron chi connectivity index (χ4n) is 2.99. The van der Waals surface area contributed by atoms with Gasteiger partial charge in [0, 0.05) is 42.5 Å². The zero-order chi connectivity index (χ0) is 22.7. The number of hydrogen-bond acceptors (Lipinski definition) is 7. The van der Waals surface area contributed by atoms with Gasteiger partial charge in [0.15, 0.2) is 5.13 Å². The Bertz CT molecular complexity index is 1130. The molecule has 1 fully saturated rings. The lowest BCUT2D eigenvalue weighted by molar-refractivity contribution is 0.0651. The number of carbonyl (C=O) groups is 2. The minimum absolute atomic E-state index is 0.103. The van der Waals surface area contributed by atoms with Crippen LogP contribution in [0.5, 0.6) is 17.4 Å². The van der Waals surface area contributed by atoms with Crippen molar-refractivity contribution in [1.82, 2.24) is 14.9 Å². The fourth-order valence-corrected chi connectivity index (χ4v) is 3.72. The van der Waals surface area contributed by atoms with Crippen LogP contribution in [-0.2, 0) is 0 Å². The SMILES string of the molecule is CC(C)Oc1cc(Oc2ncc(C(=O)N3CCC3)cc2Cl)cc(C(=O)Nc2nccs2)c1. The monoisotopic (exact) mass is 472 g/mol. The summed E-state index contributed by atoms with van der Waals surface area (Å²) < 4.78 is 11.6. The second-order valence-electron chi connectivity index (χ2n) is 7.41. The Labute approximate surface area is 194 Å². The molecule has 32 heavy (non-hydrogen) atoms. The van der Waals surface area contributed by atoms with Crippen molar-refractivity contribution in [3.63, 3.8) is 0 Å². The molecule has 1 saturated heterocycles. The Balaban J connectivity index is 1.57. The molecule has 8 nitrogen and oxygen atoms in total. The van der Waals surface area contributed by atoms with Crippen LogP contribution in [0.1, 0.15) is 41.0 Å². The summed E-state index contributed by atoms with van der Waals surface area (Å²) in [5, 5.41) is 5.19. The zero-order valence-electron chi connectivity index (χ0n) is 17.5. The maximum absolute atomic E-state index is 12.7. The van der Waals surface area contributed by atoms with E-state index in [-0.39, 0.29) is 28.8 Å². The van der Waals surface area contributed by atoms with E-state index in [0.29, 0.717) is 27.8 Å². The van der Waals surface area contributed by atoms with E-state index in [1.807, 2.05) is 13.8 Å². The number of pyridine rings is 1. The van der Waals surface area contributed by atoms with Gasteiger partial charge in [0.25, 0.3) is 11.8 Å². The lowest BCUT2D eigenvalue weighted by atomic mass is 10.1. The molecular weight excluding hydrogens is 452 g/mol. The molecule has 4 rings (SSSR count). The predicted octanol–water partition coefficient (Wildman–Crippen LogP) is 4.87. The minimum Gasteiger partial charge on any atom is -0.491 e. The molecule has 0 saturated carbocycles. The van der Waals surface area contributed by atoms with Crippen LogP contribution in [0.3, 0.4) is 0 Å². The Hall–Kier alpha value is -3.17. The van der Waals surface area contributed by atoms with Crippen LogP contribution >= 0.6 is 22.9 Å². The third-order valence-electron chi connectivity index (χ3n) is 4.58. The number of ether oxygens (including phenoxy) is 2. The summed E-state index contributed by atoms with van der Waals surface area (Å²) in [4.78, 5) is 35.1. The summed E-state index contributed by atoms with van der Waals surface area (Å²) in [5.41, 5.74) is 0.733. The Morgan fingerprint density at radius 3 is 2.53 bits per heavy atom. The predicted molar refractivity (Wildman–Crippen MR) is 122 cm³/mol. The first-order chi connectivity index (χ1) is 15.4. The smallest absolute Gasteiger partial charge is 0.257 e. The molecule has 1 N–H and O–H groups in total. The second kappa shape index (κ2) is 9.54. The minimum atomic E-state index is -0.353. The molecule has 10 heteroatoms. The summed E-state index contributed by atoms with van der Waals surface area (Å²) >= 11 is 7.65. The van der Waals surface area contributed by atoms with Gasteiger partial charge in [0.05, 0.1) is 11.7 Å². The van der Waals surface area contributed by atoms with Crippen LogP contribution in [-0.4, -0.2) is 45.9 Å². The molecule has 166 valence electrons. The summed E-state index contributed by atoms with van der Waals surface area (Å²) in [6.07, 6.45) is 3.94. The number of benzene rings is 1. The van der Waals surface area contributed by atoms with Crippen LogP contribution in [0, 0.1) is 0 Å². The molecule has 3 heterocycles. The third kappa shape index (κ3) is 5.17. The number of nitrogens with one attached hydrogen (secondary N) is 1. The number of halogens is 1. The molecule has 0 atom stereocenters. The van der Waals surface area contributed by atoms with Crippen molar-refractivity contribution in [2.75, 3.05) is 18.4 Å². The van der Waals surface area contributed by atoms with Gasteiger partial charge in [0.1, 0.15) is 16.5 Å². The molecule has 0 unspecified atom stereocenters. The molecule has 0 bridgehead atoms. The fraction of sp³-hybridized carbons (Fsp3) is 0.273. The van der Waals surface area contributed by atoms with Gasteiger partial charge in [-0.15, -0.1) is 11.3 Å². The van der Waals surface area contributed by atoms with E-state index in [4.69, 9.17) is 21.1 Å². The van der Waals surface area contributed by atoms with E-state index in [1.165, 1.54) is 23.6 Å². The van der Waals surface area contributed by atoms with Gasteiger partial charge in [-0.25, -0.2) is 9.97 Å². The molecule has 0 radical (unpaired) electrons. The Kier molecular flexibility index (Phi) is 6.57. The van der Waals surface area contributed by atoms with Crippen molar-refractivity contribution >= 4 is 39.9 Å². The van der Waals surface area contributed by atoms with Crippen LogP contribution < -0.4 is 14.8 Å². The van der Waals surface area contributed by atoms with Gasteiger partial charge in [-0.2, -0.15) is 0 Å². The van der Waals surface area contributed by atoms with Gasteiger partial charge < -0.3 is 14.4 Å². The normalized spacial score (nSPS) is 12.9. The summed E-state index contributed by atoms with van der Waals surface area (Å²) in [7, 11) is 0. The first-order valence-corrected chi connectivity index (χ1v) is 11.3. The number of hydrogen-bond donors (Lipinski definition) is 1. The quantitative estimate of drug-likeness (QED) is 0.527. The topological polar surface area (TPSA) is 93.7 Å². The van der Waals surface area contributed by atoms with Crippen LogP contribution in [0.25, 0.3) is 0 Å². The van der Waals surface area contributed by atoms with Gasteiger partial charge >= 0.3 is 0 Å². The standard InChI is InChI=1S/C22H21ClN4O4S/c1-13(2)30-16-8-14(19(28)26-22-24-4-7-32-22)9-17(11-16)31-20-18(23)10-15(12-25-20)21(29)27-5-3-6-27/h4,7-13H,3,5-6H2,1-2H3,(H,24,26,28). The number of rotatable bonds is 7. The first-order valence-electron chi connectivity index (χ1n) is 10.0. The van der Waals surface area contributed by atoms with Crippen molar-refractivity contribution in [3.8, 4) is 17.4 Å². The molecule has 1 aliphatic heterocycles. The van der Waals surface area contributed by atoms with Crippen molar-refractivity contribution < 1.29 is 19.1 Å². The average Bonchev–Trinajstić information content (AvgIpc) is 3.20. The van der Waals surface area contributed by atoms with Gasteiger partial charge in [-0.3, -0.25) is 14.9 Å². The molecule has 0 spiro atoms. The van der Waals surface area contributed by atoms with Gasteiger partial charge in [-0.05, 0) is 38.5 Å². The van der Waals surface area contributed by atoms with Crippen LogP contribution in [0.2, 0.25) is 5.02 Å². The average molecular weight is 473 g/mol. The number of likely N-dealkylation sites (tertiary alicyclic amines) is 1. The molecule has 2 amide bonds. The van der Waals surface area contributed by atoms with E-state index in [1.54, 1.807) is 34.7 Å². The molecular formula is C22H21ClN4O4S. The van der Waals surface area contributed by atoms with Crippen molar-refractivity contribution in [1.29, 1.82) is 0 Å². The lowest BCUT2D eigenvalue weighted by Gasteiger charge is -2.30. The van der Waals surface area contributed by atoms with E-state index in [9.17, 15) is 9.59 Å². The molecule has 1 aromatic carbocycles. The molecule has 0 aliphatic carbocycles. The van der Waals surface area contributed by atoms with Gasteiger partial charge in [0.2, 0.25) is 5.88 Å². The zero-order valence-corrected chi connectivity index (χ0v) is 19.1. The number of nitrogens with zero attached hydrogens (tertiary/aromatic N) is 3.